The number of ether oxygens (including phenoxy) is 1. The van der Waals surface area contributed by atoms with Crippen molar-refractivity contribution in [1.82, 2.24) is 5.32 Å². The van der Waals surface area contributed by atoms with Gasteiger partial charge >= 0.3 is 12.0 Å². The second-order valence-corrected chi connectivity index (χ2v) is 6.74. The molecule has 2 aromatic carbocycles. The van der Waals surface area contributed by atoms with E-state index in [1.165, 1.54) is 19.2 Å². The summed E-state index contributed by atoms with van der Waals surface area (Å²) in [5, 5.41) is 14.6. The van der Waals surface area contributed by atoms with Crippen molar-refractivity contribution in [2.24, 2.45) is 0 Å². The summed E-state index contributed by atoms with van der Waals surface area (Å²) in [5.41, 5.74) is 0.308. The molecule has 0 aliphatic heterocycles. The Morgan fingerprint density at radius 2 is 1.77 bits per heavy atom. The van der Waals surface area contributed by atoms with Crippen molar-refractivity contribution in [3.63, 3.8) is 0 Å². The number of nitrogens with one attached hydrogen (secondary N) is 3. The number of urea groups is 1. The average molecular weight is 379 g/mol. The van der Waals surface area contributed by atoms with Crippen LogP contribution >= 0.6 is 0 Å². The van der Waals surface area contributed by atoms with Gasteiger partial charge in [0.2, 0.25) is 0 Å². The second-order valence-electron chi connectivity index (χ2n) is 5.06. The number of carbonyl (C=O) groups is 2. The third kappa shape index (κ3) is 4.42. The monoisotopic (exact) mass is 379 g/mol. The molecule has 138 valence electrons. The fraction of sp³-hybridized carbons (Fsp3) is 0.125. The first kappa shape index (κ1) is 19.1. The summed E-state index contributed by atoms with van der Waals surface area (Å²) in [5.74, 6) is -1.26. The van der Waals surface area contributed by atoms with E-state index in [0.29, 0.717) is 5.69 Å². The highest BCUT2D eigenvalue weighted by molar-refractivity contribution is 7.92. The number of benzene rings is 2. The van der Waals surface area contributed by atoms with Gasteiger partial charge in [0.1, 0.15) is 11.3 Å². The molecule has 2 amide bonds. The van der Waals surface area contributed by atoms with E-state index in [1.54, 1.807) is 12.1 Å². The molecule has 9 nitrogen and oxygen atoms in total. The third-order valence-electron chi connectivity index (χ3n) is 3.28. The number of methoxy groups -OCH3 is 1. The van der Waals surface area contributed by atoms with Crippen LogP contribution in [-0.4, -0.2) is 39.7 Å². The molecule has 0 fully saturated rings. The molecular formula is C16H17N3O6S. The lowest BCUT2D eigenvalue weighted by Crippen LogP contribution is -2.24. The van der Waals surface area contributed by atoms with Crippen LogP contribution in [0.3, 0.4) is 0 Å². The van der Waals surface area contributed by atoms with Gasteiger partial charge in [-0.25, -0.2) is 18.0 Å². The van der Waals surface area contributed by atoms with Crippen molar-refractivity contribution < 1.29 is 27.9 Å². The zero-order chi connectivity index (χ0) is 19.3. The normalized spacial score (nSPS) is 10.7. The Kier molecular flexibility index (Phi) is 5.68. The average Bonchev–Trinajstić information content (AvgIpc) is 2.61. The van der Waals surface area contributed by atoms with Crippen LogP contribution in [0.1, 0.15) is 10.4 Å². The summed E-state index contributed by atoms with van der Waals surface area (Å²) in [6.45, 7) is 0. The second kappa shape index (κ2) is 7.74. The van der Waals surface area contributed by atoms with Gasteiger partial charge < -0.3 is 20.5 Å². The van der Waals surface area contributed by atoms with E-state index in [4.69, 9.17) is 0 Å². The summed E-state index contributed by atoms with van der Waals surface area (Å²) in [4.78, 5) is 22.7. The summed E-state index contributed by atoms with van der Waals surface area (Å²) >= 11 is 0. The molecule has 2 aromatic rings. The molecule has 0 heterocycles. The van der Waals surface area contributed by atoms with E-state index in [1.807, 2.05) is 0 Å². The largest absolute Gasteiger partial charge is 0.507 e. The highest BCUT2D eigenvalue weighted by Gasteiger charge is 2.20. The number of rotatable bonds is 5. The Balaban J connectivity index is 2.30. The van der Waals surface area contributed by atoms with E-state index in [-0.39, 0.29) is 16.1 Å². The quantitative estimate of drug-likeness (QED) is 0.585. The molecule has 0 bridgehead atoms. The van der Waals surface area contributed by atoms with Crippen LogP contribution in [0.25, 0.3) is 0 Å². The minimum Gasteiger partial charge on any atom is -0.507 e. The van der Waals surface area contributed by atoms with Gasteiger partial charge in [0.15, 0.2) is 0 Å². The number of hydrogen-bond donors (Lipinski definition) is 4. The van der Waals surface area contributed by atoms with E-state index >= 15 is 0 Å². The van der Waals surface area contributed by atoms with E-state index in [2.05, 4.69) is 20.1 Å². The first-order valence-corrected chi connectivity index (χ1v) is 8.78. The van der Waals surface area contributed by atoms with Crippen LogP contribution in [0.4, 0.5) is 16.2 Å². The zero-order valence-corrected chi connectivity index (χ0v) is 14.8. The molecule has 0 radical (unpaired) electrons. The highest BCUT2D eigenvalue weighted by atomic mass is 32.2. The Morgan fingerprint density at radius 1 is 1.08 bits per heavy atom. The van der Waals surface area contributed by atoms with Gasteiger partial charge in [0.25, 0.3) is 10.0 Å². The van der Waals surface area contributed by atoms with Crippen molar-refractivity contribution in [2.75, 3.05) is 24.2 Å². The minimum absolute atomic E-state index is 0.201. The van der Waals surface area contributed by atoms with Crippen LogP contribution in [0, 0.1) is 0 Å². The number of phenols is 1. The lowest BCUT2D eigenvalue weighted by atomic mass is 10.2. The van der Waals surface area contributed by atoms with E-state index in [9.17, 15) is 23.1 Å². The molecule has 0 saturated heterocycles. The predicted octanol–water partition coefficient (Wildman–Crippen LogP) is 1.73. The predicted molar refractivity (Wildman–Crippen MR) is 94.8 cm³/mol. The number of hydrogen-bond acceptors (Lipinski definition) is 6. The smallest absolute Gasteiger partial charge is 0.341 e. The molecule has 4 N–H and O–H groups in total. The molecule has 26 heavy (non-hydrogen) atoms. The first-order chi connectivity index (χ1) is 12.3. The lowest BCUT2D eigenvalue weighted by Gasteiger charge is -2.11. The number of aromatic hydroxyl groups is 1. The van der Waals surface area contributed by atoms with Gasteiger partial charge in [-0.15, -0.1) is 0 Å². The molecule has 0 aliphatic rings. The SMILES string of the molecule is CNC(=O)Nc1cccc(NS(=O)(=O)c2ccc(O)c(C(=O)OC)c2)c1. The van der Waals surface area contributed by atoms with Crippen molar-refractivity contribution >= 4 is 33.4 Å². The number of phenolic OH excluding ortho intramolecular Hbond substituents is 1. The Bertz CT molecular complexity index is 943. The number of amides is 2. The molecule has 0 saturated carbocycles. The fourth-order valence-corrected chi connectivity index (χ4v) is 3.10. The van der Waals surface area contributed by atoms with E-state index in [0.717, 1.165) is 25.3 Å². The van der Waals surface area contributed by atoms with Crippen molar-refractivity contribution in [2.45, 2.75) is 4.90 Å². The Morgan fingerprint density at radius 3 is 2.42 bits per heavy atom. The van der Waals surface area contributed by atoms with Crippen LogP contribution in [0.15, 0.2) is 47.4 Å². The van der Waals surface area contributed by atoms with Crippen molar-refractivity contribution in [3.8, 4) is 5.75 Å². The molecule has 0 atom stereocenters. The van der Waals surface area contributed by atoms with Gasteiger partial charge in [-0.1, -0.05) is 6.07 Å². The maximum atomic E-state index is 12.5. The zero-order valence-electron chi connectivity index (χ0n) is 13.9. The minimum atomic E-state index is -4.04. The standard InChI is InChI=1S/C16H17N3O6S/c1-17-16(22)18-10-4-3-5-11(8-10)19-26(23,24)12-6-7-14(20)13(9-12)15(21)25-2/h3-9,19-20H,1-2H3,(H2,17,18,22). The van der Waals surface area contributed by atoms with Crippen LogP contribution in [0.5, 0.6) is 5.75 Å². The number of esters is 1. The molecule has 0 aromatic heterocycles. The summed E-state index contributed by atoms with van der Waals surface area (Å²) in [7, 11) is -1.48. The highest BCUT2D eigenvalue weighted by Crippen LogP contribution is 2.24. The molecule has 2 rings (SSSR count). The topological polar surface area (TPSA) is 134 Å². The van der Waals surface area contributed by atoms with Crippen LogP contribution in [-0.2, 0) is 14.8 Å². The summed E-state index contributed by atoms with van der Waals surface area (Å²) < 4.78 is 31.9. The maximum Gasteiger partial charge on any atom is 0.341 e. The summed E-state index contributed by atoms with van der Waals surface area (Å²) in [6.07, 6.45) is 0. The Hall–Kier alpha value is -3.27. The molecular weight excluding hydrogens is 362 g/mol. The molecule has 10 heteroatoms. The van der Waals surface area contributed by atoms with Crippen molar-refractivity contribution in [1.29, 1.82) is 0 Å². The first-order valence-electron chi connectivity index (χ1n) is 7.30. The number of sulfonamides is 1. The van der Waals surface area contributed by atoms with Gasteiger partial charge in [0.05, 0.1) is 17.7 Å². The number of anilines is 2. The van der Waals surface area contributed by atoms with Gasteiger partial charge in [-0.2, -0.15) is 0 Å². The maximum absolute atomic E-state index is 12.5. The Labute approximate surface area is 150 Å². The summed E-state index contributed by atoms with van der Waals surface area (Å²) in [6, 6.07) is 8.86. The van der Waals surface area contributed by atoms with Crippen LogP contribution in [0.2, 0.25) is 0 Å². The molecule has 0 unspecified atom stereocenters. The van der Waals surface area contributed by atoms with E-state index < -0.39 is 27.8 Å². The van der Waals surface area contributed by atoms with Gasteiger partial charge in [-0.3, -0.25) is 4.72 Å². The molecule has 0 aliphatic carbocycles. The lowest BCUT2D eigenvalue weighted by molar-refractivity contribution is 0.0597. The molecule has 0 spiro atoms. The fourth-order valence-electron chi connectivity index (χ4n) is 2.02. The van der Waals surface area contributed by atoms with Gasteiger partial charge in [0, 0.05) is 12.7 Å². The number of carbonyl (C=O) groups excluding carboxylic acids is 2. The third-order valence-corrected chi connectivity index (χ3v) is 4.66. The van der Waals surface area contributed by atoms with Crippen molar-refractivity contribution in [3.05, 3.63) is 48.0 Å². The van der Waals surface area contributed by atoms with Crippen LogP contribution < -0.4 is 15.4 Å². The van der Waals surface area contributed by atoms with Gasteiger partial charge in [-0.05, 0) is 36.4 Å².